The highest BCUT2D eigenvalue weighted by atomic mass is 32.2. The largest absolute Gasteiger partial charge is 0.480 e. The lowest BCUT2D eigenvalue weighted by Crippen LogP contribution is -2.35. The van der Waals surface area contributed by atoms with Crippen LogP contribution in [0.15, 0.2) is 64.9 Å². The van der Waals surface area contributed by atoms with Gasteiger partial charge in [0.15, 0.2) is 4.75 Å². The molecule has 2 aromatic rings. The molecule has 8 heteroatoms. The smallest absolute Gasteiger partial charge is 0.325 e. The van der Waals surface area contributed by atoms with Gasteiger partial charge in [-0.25, -0.2) is 17.9 Å². The van der Waals surface area contributed by atoms with E-state index in [1.54, 1.807) is 23.6 Å². The standard InChI is InChI=1S/C17H14FNO4S2/c18-13-5-3-12(4-6-13)17(16(20)21)15(9-10-24-17)11-1-7-14(8-2-11)25(19,22)23/h1-10,15H,(H,20,21)(H2,19,22,23). The van der Waals surface area contributed by atoms with E-state index < -0.39 is 32.5 Å². The number of carbonyl (C=O) groups is 1. The Morgan fingerprint density at radius 3 is 2.24 bits per heavy atom. The number of benzene rings is 2. The van der Waals surface area contributed by atoms with Crippen LogP contribution in [0.25, 0.3) is 0 Å². The monoisotopic (exact) mass is 379 g/mol. The molecule has 2 unspecified atom stereocenters. The minimum Gasteiger partial charge on any atom is -0.480 e. The van der Waals surface area contributed by atoms with Crippen LogP contribution in [-0.4, -0.2) is 19.5 Å². The molecule has 1 aliphatic heterocycles. The normalized spacial score (nSPS) is 22.9. The van der Waals surface area contributed by atoms with Crippen LogP contribution in [0.2, 0.25) is 0 Å². The van der Waals surface area contributed by atoms with E-state index in [0.717, 1.165) is 11.8 Å². The van der Waals surface area contributed by atoms with Crippen molar-refractivity contribution in [2.75, 3.05) is 0 Å². The molecule has 1 heterocycles. The van der Waals surface area contributed by atoms with Gasteiger partial charge in [-0.15, -0.1) is 11.8 Å². The zero-order valence-corrected chi connectivity index (χ0v) is 14.4. The predicted octanol–water partition coefficient (Wildman–Crippen LogP) is 2.80. The number of hydrogen-bond donors (Lipinski definition) is 2. The molecule has 0 amide bonds. The summed E-state index contributed by atoms with van der Waals surface area (Å²) in [5, 5.41) is 16.7. The molecule has 0 spiro atoms. The zero-order valence-electron chi connectivity index (χ0n) is 12.8. The Morgan fingerprint density at radius 1 is 1.12 bits per heavy atom. The number of nitrogens with two attached hydrogens (primary N) is 1. The van der Waals surface area contributed by atoms with Crippen molar-refractivity contribution >= 4 is 27.8 Å². The summed E-state index contributed by atoms with van der Waals surface area (Å²) in [6, 6.07) is 11.1. The number of sulfonamides is 1. The molecular formula is C17H14FNO4S2. The van der Waals surface area contributed by atoms with E-state index in [-0.39, 0.29) is 4.90 Å². The van der Waals surface area contributed by atoms with Crippen molar-refractivity contribution in [3.05, 3.63) is 77.0 Å². The van der Waals surface area contributed by atoms with E-state index in [1.807, 2.05) is 0 Å². The molecule has 2 aromatic carbocycles. The van der Waals surface area contributed by atoms with Crippen molar-refractivity contribution in [3.63, 3.8) is 0 Å². The van der Waals surface area contributed by atoms with E-state index in [2.05, 4.69) is 0 Å². The van der Waals surface area contributed by atoms with Crippen molar-refractivity contribution in [1.82, 2.24) is 0 Å². The highest BCUT2D eigenvalue weighted by molar-refractivity contribution is 8.04. The maximum Gasteiger partial charge on any atom is 0.325 e. The predicted molar refractivity (Wildman–Crippen MR) is 93.0 cm³/mol. The molecule has 0 saturated heterocycles. The number of thioether (sulfide) groups is 1. The van der Waals surface area contributed by atoms with Crippen LogP contribution < -0.4 is 5.14 Å². The van der Waals surface area contributed by atoms with Crippen LogP contribution in [0.3, 0.4) is 0 Å². The molecule has 1 aliphatic rings. The van der Waals surface area contributed by atoms with Gasteiger partial charge in [0.05, 0.1) is 4.90 Å². The highest BCUT2D eigenvalue weighted by Gasteiger charge is 2.50. The minimum atomic E-state index is -3.83. The highest BCUT2D eigenvalue weighted by Crippen LogP contribution is 2.54. The Hall–Kier alpha value is -2.16. The molecule has 5 nitrogen and oxygen atoms in total. The fraction of sp³-hybridized carbons (Fsp3) is 0.118. The summed E-state index contributed by atoms with van der Waals surface area (Å²) in [4.78, 5) is 12.1. The first-order chi connectivity index (χ1) is 11.7. The second-order valence-corrected chi connectivity index (χ2v) is 8.30. The quantitative estimate of drug-likeness (QED) is 0.851. The van der Waals surface area contributed by atoms with Gasteiger partial charge in [-0.3, -0.25) is 4.79 Å². The molecule has 0 saturated carbocycles. The van der Waals surface area contributed by atoms with Gasteiger partial charge in [0.25, 0.3) is 0 Å². The third-order valence-electron chi connectivity index (χ3n) is 4.12. The number of carboxylic acids is 1. The number of primary sulfonamides is 1. The second-order valence-electron chi connectivity index (χ2n) is 5.59. The third-order valence-corrected chi connectivity index (χ3v) is 6.38. The van der Waals surface area contributed by atoms with E-state index in [1.165, 1.54) is 36.4 Å². The van der Waals surface area contributed by atoms with Gasteiger partial charge >= 0.3 is 5.97 Å². The summed E-state index contributed by atoms with van der Waals surface area (Å²) < 4.78 is 34.7. The lowest BCUT2D eigenvalue weighted by Gasteiger charge is -2.31. The van der Waals surface area contributed by atoms with Crippen molar-refractivity contribution < 1.29 is 22.7 Å². The van der Waals surface area contributed by atoms with Gasteiger partial charge in [-0.05, 0) is 40.8 Å². The van der Waals surface area contributed by atoms with Crippen molar-refractivity contribution in [3.8, 4) is 0 Å². The summed E-state index contributed by atoms with van der Waals surface area (Å²) in [6.45, 7) is 0. The van der Waals surface area contributed by atoms with E-state index in [4.69, 9.17) is 5.14 Å². The van der Waals surface area contributed by atoms with Gasteiger partial charge < -0.3 is 5.11 Å². The van der Waals surface area contributed by atoms with Crippen LogP contribution in [0.5, 0.6) is 0 Å². The minimum absolute atomic E-state index is 0.0476. The van der Waals surface area contributed by atoms with Crippen molar-refractivity contribution in [2.24, 2.45) is 5.14 Å². The molecule has 0 radical (unpaired) electrons. The summed E-state index contributed by atoms with van der Waals surface area (Å²) >= 11 is 1.12. The first-order valence-corrected chi connectivity index (χ1v) is 9.64. The SMILES string of the molecule is NS(=O)(=O)c1ccc(C2C=CSC2(C(=O)O)c2ccc(F)cc2)cc1. The summed E-state index contributed by atoms with van der Waals surface area (Å²) in [5.74, 6) is -2.06. The van der Waals surface area contributed by atoms with Crippen LogP contribution in [0.1, 0.15) is 17.0 Å². The molecule has 0 aliphatic carbocycles. The molecule has 130 valence electrons. The Kier molecular flexibility index (Phi) is 4.44. The van der Waals surface area contributed by atoms with Crippen LogP contribution in [-0.2, 0) is 19.6 Å². The summed E-state index contributed by atoms with van der Waals surface area (Å²) in [7, 11) is -3.83. The summed E-state index contributed by atoms with van der Waals surface area (Å²) in [6.07, 6.45) is 1.74. The maximum absolute atomic E-state index is 13.2. The van der Waals surface area contributed by atoms with Crippen LogP contribution in [0, 0.1) is 5.82 Å². The Bertz CT molecular complexity index is 940. The molecule has 0 fully saturated rings. The number of halogens is 1. The Morgan fingerprint density at radius 2 is 1.72 bits per heavy atom. The van der Waals surface area contributed by atoms with E-state index in [0.29, 0.717) is 11.1 Å². The van der Waals surface area contributed by atoms with E-state index in [9.17, 15) is 22.7 Å². The van der Waals surface area contributed by atoms with E-state index >= 15 is 0 Å². The van der Waals surface area contributed by atoms with Gasteiger partial charge in [0, 0.05) is 5.92 Å². The Labute approximate surface area is 148 Å². The third kappa shape index (κ3) is 3.08. The van der Waals surface area contributed by atoms with Gasteiger partial charge in [0.1, 0.15) is 5.82 Å². The van der Waals surface area contributed by atoms with Gasteiger partial charge in [-0.2, -0.15) is 0 Å². The molecule has 25 heavy (non-hydrogen) atoms. The first-order valence-electron chi connectivity index (χ1n) is 7.22. The van der Waals surface area contributed by atoms with Gasteiger partial charge in [-0.1, -0.05) is 30.3 Å². The number of rotatable bonds is 4. The molecule has 3 rings (SSSR count). The number of allylic oxidation sites excluding steroid dienone is 1. The van der Waals surface area contributed by atoms with Gasteiger partial charge in [0.2, 0.25) is 10.0 Å². The molecule has 0 aromatic heterocycles. The molecular weight excluding hydrogens is 365 g/mol. The Balaban J connectivity index is 2.09. The fourth-order valence-electron chi connectivity index (χ4n) is 2.90. The molecule has 3 N–H and O–H groups in total. The van der Waals surface area contributed by atoms with Crippen molar-refractivity contribution in [2.45, 2.75) is 15.6 Å². The fourth-order valence-corrected chi connectivity index (χ4v) is 4.60. The zero-order chi connectivity index (χ0) is 18.2. The second kappa shape index (κ2) is 6.29. The number of aliphatic carboxylic acids is 1. The van der Waals surface area contributed by atoms with Crippen molar-refractivity contribution in [1.29, 1.82) is 0 Å². The summed E-state index contributed by atoms with van der Waals surface area (Å²) in [5.41, 5.74) is 1.08. The molecule has 0 bridgehead atoms. The number of hydrogen-bond acceptors (Lipinski definition) is 4. The van der Waals surface area contributed by atoms with Crippen LogP contribution in [0.4, 0.5) is 4.39 Å². The lowest BCUT2D eigenvalue weighted by molar-refractivity contribution is -0.140. The lowest BCUT2D eigenvalue weighted by atomic mass is 9.80. The topological polar surface area (TPSA) is 97.5 Å². The first kappa shape index (κ1) is 17.7. The maximum atomic E-state index is 13.2. The average Bonchev–Trinajstić information content (AvgIpc) is 3.01. The number of carboxylic acid groups (broad SMARTS) is 1. The van der Waals surface area contributed by atoms with Crippen LogP contribution >= 0.6 is 11.8 Å². The average molecular weight is 379 g/mol. The molecule has 2 atom stereocenters.